The highest BCUT2D eigenvalue weighted by molar-refractivity contribution is 6.09. The second-order valence-corrected chi connectivity index (χ2v) is 7.31. The number of anilines is 1. The molecule has 30 heavy (non-hydrogen) atoms. The van der Waals surface area contributed by atoms with Crippen LogP contribution in [-0.2, 0) is 9.59 Å². The molecule has 0 saturated heterocycles. The van der Waals surface area contributed by atoms with E-state index in [1.54, 1.807) is 37.4 Å². The number of nitrogens with one attached hydrogen (secondary N) is 2. The Labute approximate surface area is 172 Å². The first-order valence-electron chi connectivity index (χ1n) is 9.65. The summed E-state index contributed by atoms with van der Waals surface area (Å²) in [4.78, 5) is 41.0. The molecule has 0 saturated carbocycles. The van der Waals surface area contributed by atoms with Crippen molar-refractivity contribution < 1.29 is 14.5 Å². The number of ketones is 1. The zero-order valence-corrected chi connectivity index (χ0v) is 16.3. The number of non-ortho nitro benzene ring substituents is 1. The van der Waals surface area contributed by atoms with Crippen LogP contribution < -0.4 is 10.6 Å². The summed E-state index contributed by atoms with van der Waals surface area (Å²) in [5.41, 5.74) is 3.29. The minimum atomic E-state index is -0.675. The molecule has 152 valence electrons. The number of benzene rings is 1. The van der Waals surface area contributed by atoms with Crippen LogP contribution in [0.2, 0.25) is 0 Å². The van der Waals surface area contributed by atoms with Crippen LogP contribution in [0.15, 0.2) is 71.3 Å². The van der Waals surface area contributed by atoms with E-state index in [-0.39, 0.29) is 17.4 Å². The quantitative estimate of drug-likeness (QED) is 0.594. The van der Waals surface area contributed by atoms with Crippen molar-refractivity contribution in [3.63, 3.8) is 0 Å². The number of pyridine rings is 1. The minimum Gasteiger partial charge on any atom is -0.362 e. The molecule has 0 bridgehead atoms. The van der Waals surface area contributed by atoms with Gasteiger partial charge in [-0.3, -0.25) is 24.7 Å². The van der Waals surface area contributed by atoms with Crippen LogP contribution in [0.1, 0.15) is 37.7 Å². The number of amides is 1. The highest BCUT2D eigenvalue weighted by Gasteiger charge is 2.38. The molecular formula is C22H20N4O4. The summed E-state index contributed by atoms with van der Waals surface area (Å²) in [7, 11) is 0. The Morgan fingerprint density at radius 1 is 1.27 bits per heavy atom. The first-order chi connectivity index (χ1) is 14.5. The number of Topliss-reactive ketones (excluding diaryl/α,β-unsaturated/α-hetero) is 1. The van der Waals surface area contributed by atoms with E-state index in [9.17, 15) is 19.7 Å². The SMILES string of the molecule is CC1=C(C(=O)Nc2cccnc2)C(c2cccc([N+](=O)[O-])c2)C2=C(CCCC2=O)N1. The Morgan fingerprint density at radius 2 is 2.10 bits per heavy atom. The van der Waals surface area contributed by atoms with Gasteiger partial charge in [-0.05, 0) is 37.5 Å². The van der Waals surface area contributed by atoms with E-state index in [1.165, 1.54) is 18.3 Å². The number of rotatable bonds is 4. The van der Waals surface area contributed by atoms with Crippen molar-refractivity contribution in [3.05, 3.63) is 87.0 Å². The van der Waals surface area contributed by atoms with E-state index in [4.69, 9.17) is 0 Å². The number of carbonyl (C=O) groups excluding carboxylic acids is 2. The van der Waals surface area contributed by atoms with Gasteiger partial charge < -0.3 is 10.6 Å². The fraction of sp³-hybridized carbons (Fsp3) is 0.227. The molecule has 1 unspecified atom stereocenters. The van der Waals surface area contributed by atoms with E-state index in [2.05, 4.69) is 15.6 Å². The number of nitro groups is 1. The van der Waals surface area contributed by atoms with Gasteiger partial charge in [-0.15, -0.1) is 0 Å². The zero-order valence-electron chi connectivity index (χ0n) is 16.3. The number of hydrogen-bond acceptors (Lipinski definition) is 6. The lowest BCUT2D eigenvalue weighted by molar-refractivity contribution is -0.384. The van der Waals surface area contributed by atoms with Crippen LogP contribution in [0.4, 0.5) is 11.4 Å². The van der Waals surface area contributed by atoms with Crippen LogP contribution in [0.3, 0.4) is 0 Å². The van der Waals surface area contributed by atoms with Crippen LogP contribution in [-0.4, -0.2) is 21.6 Å². The standard InChI is InChI=1S/C22H20N4O4/c1-13-19(22(28)25-15-6-4-10-23-12-15)20(14-5-2-7-16(11-14)26(29)30)21-17(24-13)8-3-9-18(21)27/h2,4-7,10-12,20,24H,3,8-9H2,1H3,(H,25,28). The number of nitrogens with zero attached hydrogens (tertiary/aromatic N) is 2. The summed E-state index contributed by atoms with van der Waals surface area (Å²) in [5.74, 6) is -1.10. The monoisotopic (exact) mass is 404 g/mol. The van der Waals surface area contributed by atoms with Gasteiger partial charge in [0, 0.05) is 53.2 Å². The molecule has 8 heteroatoms. The molecule has 2 aliphatic rings. The maximum Gasteiger partial charge on any atom is 0.269 e. The van der Waals surface area contributed by atoms with Crippen molar-refractivity contribution >= 4 is 23.1 Å². The molecule has 0 spiro atoms. The van der Waals surface area contributed by atoms with Gasteiger partial charge in [-0.2, -0.15) is 0 Å². The molecule has 2 heterocycles. The topological polar surface area (TPSA) is 114 Å². The molecule has 2 aromatic rings. The van der Waals surface area contributed by atoms with Crippen LogP contribution >= 0.6 is 0 Å². The van der Waals surface area contributed by atoms with Gasteiger partial charge in [0.2, 0.25) is 0 Å². The molecule has 1 amide bonds. The van der Waals surface area contributed by atoms with Gasteiger partial charge in [0.05, 0.1) is 16.8 Å². The molecule has 1 aromatic carbocycles. The Hall–Kier alpha value is -3.81. The Bertz CT molecular complexity index is 1110. The van der Waals surface area contributed by atoms with E-state index in [0.29, 0.717) is 40.9 Å². The summed E-state index contributed by atoms with van der Waals surface area (Å²) in [6, 6.07) is 9.56. The predicted molar refractivity (Wildman–Crippen MR) is 110 cm³/mol. The van der Waals surface area contributed by atoms with Gasteiger partial charge in [-0.25, -0.2) is 0 Å². The summed E-state index contributed by atoms with van der Waals surface area (Å²) >= 11 is 0. The second kappa shape index (κ2) is 7.90. The number of aromatic nitrogens is 1. The normalized spacial score (nSPS) is 18.6. The van der Waals surface area contributed by atoms with Crippen molar-refractivity contribution in [2.24, 2.45) is 0 Å². The largest absolute Gasteiger partial charge is 0.362 e. The predicted octanol–water partition coefficient (Wildman–Crippen LogP) is 3.60. The molecule has 0 radical (unpaired) electrons. The maximum absolute atomic E-state index is 13.3. The van der Waals surface area contributed by atoms with E-state index in [0.717, 1.165) is 12.1 Å². The van der Waals surface area contributed by atoms with E-state index in [1.807, 2.05) is 0 Å². The van der Waals surface area contributed by atoms with E-state index >= 15 is 0 Å². The van der Waals surface area contributed by atoms with E-state index < -0.39 is 10.8 Å². The molecular weight excluding hydrogens is 384 g/mol. The number of allylic oxidation sites excluding steroid dienone is 3. The maximum atomic E-state index is 13.3. The Balaban J connectivity index is 1.82. The zero-order chi connectivity index (χ0) is 21.3. The fourth-order valence-corrected chi connectivity index (χ4v) is 4.07. The van der Waals surface area contributed by atoms with Crippen molar-refractivity contribution in [3.8, 4) is 0 Å². The van der Waals surface area contributed by atoms with Gasteiger partial charge >= 0.3 is 0 Å². The number of nitro benzene ring substituents is 1. The van der Waals surface area contributed by atoms with Crippen molar-refractivity contribution in [2.45, 2.75) is 32.1 Å². The van der Waals surface area contributed by atoms with Crippen molar-refractivity contribution in [2.75, 3.05) is 5.32 Å². The lowest BCUT2D eigenvalue weighted by Crippen LogP contribution is -2.35. The summed E-state index contributed by atoms with van der Waals surface area (Å²) in [6.45, 7) is 1.78. The first kappa shape index (κ1) is 19.5. The molecule has 1 aliphatic carbocycles. The lowest BCUT2D eigenvalue weighted by Gasteiger charge is -2.34. The average molecular weight is 404 g/mol. The third-order valence-corrected chi connectivity index (χ3v) is 5.35. The van der Waals surface area contributed by atoms with Gasteiger partial charge in [-0.1, -0.05) is 12.1 Å². The minimum absolute atomic E-state index is 0.0422. The van der Waals surface area contributed by atoms with Crippen LogP contribution in [0.25, 0.3) is 0 Å². The third kappa shape index (κ3) is 3.59. The number of carbonyl (C=O) groups is 2. The number of dihydropyridines is 1. The van der Waals surface area contributed by atoms with Crippen LogP contribution in [0.5, 0.6) is 0 Å². The molecule has 2 N–H and O–H groups in total. The van der Waals surface area contributed by atoms with Gasteiger partial charge in [0.1, 0.15) is 0 Å². The Kier molecular flexibility index (Phi) is 5.14. The molecule has 1 atom stereocenters. The van der Waals surface area contributed by atoms with Crippen LogP contribution in [0, 0.1) is 10.1 Å². The van der Waals surface area contributed by atoms with Crippen molar-refractivity contribution in [1.82, 2.24) is 10.3 Å². The molecule has 8 nitrogen and oxygen atoms in total. The molecule has 0 fully saturated rings. The number of hydrogen-bond donors (Lipinski definition) is 2. The van der Waals surface area contributed by atoms with Gasteiger partial charge in [0.15, 0.2) is 5.78 Å². The fourth-order valence-electron chi connectivity index (χ4n) is 4.07. The van der Waals surface area contributed by atoms with Crippen molar-refractivity contribution in [1.29, 1.82) is 0 Å². The second-order valence-electron chi connectivity index (χ2n) is 7.31. The summed E-state index contributed by atoms with van der Waals surface area (Å²) in [5, 5.41) is 17.4. The summed E-state index contributed by atoms with van der Waals surface area (Å²) < 4.78 is 0. The molecule has 1 aromatic heterocycles. The smallest absolute Gasteiger partial charge is 0.269 e. The highest BCUT2D eigenvalue weighted by atomic mass is 16.6. The first-order valence-corrected chi connectivity index (χ1v) is 9.65. The molecule has 4 rings (SSSR count). The summed E-state index contributed by atoms with van der Waals surface area (Å²) in [6.07, 6.45) is 4.95. The third-order valence-electron chi connectivity index (χ3n) is 5.35. The Morgan fingerprint density at radius 3 is 2.83 bits per heavy atom. The van der Waals surface area contributed by atoms with Gasteiger partial charge in [0.25, 0.3) is 11.6 Å². The average Bonchev–Trinajstić information content (AvgIpc) is 2.73. The lowest BCUT2D eigenvalue weighted by atomic mass is 9.75. The molecule has 1 aliphatic heterocycles. The highest BCUT2D eigenvalue weighted by Crippen LogP contribution is 2.43.